The molecule has 0 amide bonds. The number of aliphatic hydroxyl groups is 1. The van der Waals surface area contributed by atoms with Crippen molar-refractivity contribution in [2.45, 2.75) is 31.9 Å². The number of hydrogen-bond donors (Lipinski definition) is 3. The fourth-order valence-electron chi connectivity index (χ4n) is 4.37. The third-order valence-electron chi connectivity index (χ3n) is 6.35. The van der Waals surface area contributed by atoms with E-state index in [4.69, 9.17) is 16.0 Å². The number of aliphatic hydroxyl groups excluding tert-OH is 1. The van der Waals surface area contributed by atoms with Crippen molar-refractivity contribution >= 4 is 28.2 Å². The second-order valence-electron chi connectivity index (χ2n) is 8.81. The minimum Gasteiger partial charge on any atom is -0.436 e. The zero-order chi connectivity index (χ0) is 25.9. The van der Waals surface area contributed by atoms with Crippen LogP contribution in [0.25, 0.3) is 15.9 Å². The summed E-state index contributed by atoms with van der Waals surface area (Å²) in [4.78, 5) is 28.8. The molecule has 10 heteroatoms. The van der Waals surface area contributed by atoms with Crippen molar-refractivity contribution < 1.29 is 23.8 Å². The van der Waals surface area contributed by atoms with E-state index in [-0.39, 0.29) is 41.9 Å². The number of para-hydroxylation sites is 1. The predicted octanol–water partition coefficient (Wildman–Crippen LogP) is 4.93. The smallest absolute Gasteiger partial charge is 0.228 e. The van der Waals surface area contributed by atoms with Crippen LogP contribution in [0.15, 0.2) is 48.9 Å². The number of fused-ring (bicyclic) bond motifs is 1. The highest BCUT2D eigenvalue weighted by Crippen LogP contribution is 2.37. The number of nitrogens with one attached hydrogen (secondary N) is 2. The summed E-state index contributed by atoms with van der Waals surface area (Å²) in [5.74, 6) is -0.619. The van der Waals surface area contributed by atoms with Gasteiger partial charge < -0.3 is 24.9 Å². The average Bonchev–Trinajstić information content (AvgIpc) is 3.35. The molecule has 0 radical (unpaired) electrons. The van der Waals surface area contributed by atoms with E-state index in [9.17, 15) is 14.3 Å². The van der Waals surface area contributed by atoms with Gasteiger partial charge >= 0.3 is 0 Å². The van der Waals surface area contributed by atoms with Gasteiger partial charge in [0.15, 0.2) is 17.3 Å². The van der Waals surface area contributed by atoms with E-state index in [0.29, 0.717) is 46.4 Å². The number of aromatic amines is 1. The number of aromatic nitrogens is 3. The van der Waals surface area contributed by atoms with E-state index >= 15 is 0 Å². The summed E-state index contributed by atoms with van der Waals surface area (Å²) in [5.41, 5.74) is 2.54. The number of benzene rings is 1. The van der Waals surface area contributed by atoms with Crippen molar-refractivity contribution in [1.29, 1.82) is 0 Å². The standard InChI is InChI=1S/C27H24FN5O4/c1-15-9-23(37-22-6-4-3-5-20(22)28)30-10-18(15)26(35)19-11-31-27-24(19)25(21(29-2)12-32-27)33-16-7-8-17(13-34)36-14-16/h3-6,9-12,16-17,34H,7-8,13-14H2,1H3,(H2,31,32,33)/t16-,17+/m1/s1. The van der Waals surface area contributed by atoms with Gasteiger partial charge in [-0.3, -0.25) is 4.79 Å². The quantitative estimate of drug-likeness (QED) is 0.243. The Morgan fingerprint density at radius 3 is 2.84 bits per heavy atom. The van der Waals surface area contributed by atoms with E-state index in [0.717, 1.165) is 6.42 Å². The lowest BCUT2D eigenvalue weighted by Crippen LogP contribution is -2.36. The van der Waals surface area contributed by atoms with E-state index in [1.165, 1.54) is 24.5 Å². The van der Waals surface area contributed by atoms with Crippen LogP contribution in [0.5, 0.6) is 11.6 Å². The number of pyridine rings is 2. The third-order valence-corrected chi connectivity index (χ3v) is 6.35. The molecule has 0 spiro atoms. The molecule has 37 heavy (non-hydrogen) atoms. The van der Waals surface area contributed by atoms with Gasteiger partial charge in [0.2, 0.25) is 11.6 Å². The van der Waals surface area contributed by atoms with Crippen LogP contribution in [-0.2, 0) is 4.74 Å². The Hall–Kier alpha value is -4.33. The number of rotatable bonds is 7. The lowest BCUT2D eigenvalue weighted by atomic mass is 9.99. The van der Waals surface area contributed by atoms with Crippen LogP contribution in [0.2, 0.25) is 0 Å². The number of ether oxygens (including phenoxy) is 2. The molecule has 5 rings (SSSR count). The highest BCUT2D eigenvalue weighted by Gasteiger charge is 2.26. The minimum absolute atomic E-state index is 0.0342. The molecule has 1 aromatic carbocycles. The Morgan fingerprint density at radius 1 is 1.30 bits per heavy atom. The zero-order valence-electron chi connectivity index (χ0n) is 20.0. The van der Waals surface area contributed by atoms with Gasteiger partial charge in [-0.2, -0.15) is 0 Å². The molecule has 0 aliphatic carbocycles. The first kappa shape index (κ1) is 24.4. The van der Waals surface area contributed by atoms with Gasteiger partial charge in [-0.15, -0.1) is 0 Å². The fraction of sp³-hybridized carbons (Fsp3) is 0.259. The third kappa shape index (κ3) is 4.87. The maximum atomic E-state index is 14.0. The summed E-state index contributed by atoms with van der Waals surface area (Å²) in [6.45, 7) is 9.71. The zero-order valence-corrected chi connectivity index (χ0v) is 20.0. The molecule has 0 saturated carbocycles. The summed E-state index contributed by atoms with van der Waals surface area (Å²) < 4.78 is 25.2. The number of hydrogen-bond acceptors (Lipinski definition) is 7. The minimum atomic E-state index is -0.515. The maximum Gasteiger partial charge on any atom is 0.228 e. The normalized spacial score (nSPS) is 17.4. The molecule has 3 N–H and O–H groups in total. The predicted molar refractivity (Wildman–Crippen MR) is 135 cm³/mol. The summed E-state index contributed by atoms with van der Waals surface area (Å²) in [5, 5.41) is 13.2. The van der Waals surface area contributed by atoms with Crippen molar-refractivity contribution in [3.05, 3.63) is 82.8 Å². The highest BCUT2D eigenvalue weighted by molar-refractivity contribution is 6.20. The van der Waals surface area contributed by atoms with E-state index in [2.05, 4.69) is 25.1 Å². The summed E-state index contributed by atoms with van der Waals surface area (Å²) in [7, 11) is 0. The Labute approximate surface area is 212 Å². The van der Waals surface area contributed by atoms with Gasteiger partial charge in [-0.25, -0.2) is 19.2 Å². The number of H-pyrrole nitrogens is 1. The molecule has 1 aliphatic heterocycles. The van der Waals surface area contributed by atoms with E-state index in [1.54, 1.807) is 31.3 Å². The van der Waals surface area contributed by atoms with Crippen molar-refractivity contribution in [3.8, 4) is 11.6 Å². The second kappa shape index (κ2) is 10.3. The van der Waals surface area contributed by atoms with Gasteiger partial charge in [0.25, 0.3) is 0 Å². The molecular formula is C27H24FN5O4. The van der Waals surface area contributed by atoms with E-state index < -0.39 is 5.82 Å². The number of carbonyl (C=O) groups excluding carboxylic acids is 1. The van der Waals surface area contributed by atoms with Crippen LogP contribution in [0.3, 0.4) is 0 Å². The van der Waals surface area contributed by atoms with Crippen molar-refractivity contribution in [1.82, 2.24) is 15.0 Å². The van der Waals surface area contributed by atoms with Gasteiger partial charge in [-0.1, -0.05) is 12.1 Å². The fourth-order valence-corrected chi connectivity index (χ4v) is 4.37. The molecule has 0 bridgehead atoms. The number of ketones is 1. The maximum absolute atomic E-state index is 14.0. The van der Waals surface area contributed by atoms with Crippen LogP contribution < -0.4 is 10.1 Å². The van der Waals surface area contributed by atoms with Gasteiger partial charge in [0.1, 0.15) is 5.65 Å². The molecule has 1 aliphatic rings. The van der Waals surface area contributed by atoms with E-state index in [1.807, 2.05) is 0 Å². The summed E-state index contributed by atoms with van der Waals surface area (Å²) in [6, 6.07) is 7.49. The molecule has 1 fully saturated rings. The number of nitrogens with zero attached hydrogens (tertiary/aromatic N) is 3. The molecular weight excluding hydrogens is 477 g/mol. The summed E-state index contributed by atoms with van der Waals surface area (Å²) in [6.07, 6.45) is 5.66. The first-order valence-electron chi connectivity index (χ1n) is 11.8. The van der Waals surface area contributed by atoms with Gasteiger partial charge in [-0.05, 0) is 37.5 Å². The van der Waals surface area contributed by atoms with Crippen LogP contribution in [0.4, 0.5) is 15.8 Å². The first-order chi connectivity index (χ1) is 18.0. The molecule has 9 nitrogen and oxygen atoms in total. The number of carbonyl (C=O) groups is 1. The molecule has 2 atom stereocenters. The van der Waals surface area contributed by atoms with Crippen LogP contribution in [0, 0.1) is 19.3 Å². The van der Waals surface area contributed by atoms with Crippen LogP contribution >= 0.6 is 0 Å². The van der Waals surface area contributed by atoms with Gasteiger partial charge in [0, 0.05) is 41.6 Å². The number of halogens is 1. The Morgan fingerprint density at radius 2 is 2.14 bits per heavy atom. The molecule has 3 aromatic heterocycles. The lowest BCUT2D eigenvalue weighted by Gasteiger charge is -2.29. The summed E-state index contributed by atoms with van der Waals surface area (Å²) >= 11 is 0. The largest absolute Gasteiger partial charge is 0.436 e. The Balaban J connectivity index is 1.47. The van der Waals surface area contributed by atoms with Gasteiger partial charge in [0.05, 0.1) is 37.1 Å². The number of aryl methyl sites for hydroxylation is 1. The number of anilines is 1. The highest BCUT2D eigenvalue weighted by atomic mass is 19.1. The van der Waals surface area contributed by atoms with Crippen molar-refractivity contribution in [3.63, 3.8) is 0 Å². The SMILES string of the molecule is [C-]#[N+]c1cnc2[nH]cc(C(=O)c3cnc(Oc4ccccc4F)cc3C)c2c1N[C@@H]1CC[C@@H](CO)OC1. The molecule has 188 valence electrons. The Kier molecular flexibility index (Phi) is 6.81. The van der Waals surface area contributed by atoms with Crippen molar-refractivity contribution in [2.24, 2.45) is 0 Å². The average molecular weight is 502 g/mol. The van der Waals surface area contributed by atoms with Crippen LogP contribution in [-0.4, -0.2) is 51.2 Å². The second-order valence-corrected chi connectivity index (χ2v) is 8.81. The Bertz CT molecular complexity index is 1500. The van der Waals surface area contributed by atoms with Crippen LogP contribution in [0.1, 0.15) is 34.3 Å². The molecule has 0 unspecified atom stereocenters. The molecule has 4 aromatic rings. The monoisotopic (exact) mass is 501 g/mol. The van der Waals surface area contributed by atoms with Crippen molar-refractivity contribution in [2.75, 3.05) is 18.5 Å². The topological polar surface area (TPSA) is 114 Å². The lowest BCUT2D eigenvalue weighted by molar-refractivity contribution is -0.0223. The first-order valence-corrected chi connectivity index (χ1v) is 11.8. The molecule has 4 heterocycles. The molecule has 1 saturated heterocycles.